The molecule has 0 aromatic carbocycles. The van der Waals surface area contributed by atoms with Crippen molar-refractivity contribution in [1.82, 2.24) is 5.32 Å². The number of rotatable bonds is 4. The van der Waals surface area contributed by atoms with Crippen molar-refractivity contribution in [2.45, 2.75) is 62.3 Å². The fourth-order valence-electron chi connectivity index (χ4n) is 2.64. The fraction of sp³-hybridized carbons (Fsp3) is 1.00. The highest BCUT2D eigenvalue weighted by atomic mass is 32.2. The van der Waals surface area contributed by atoms with Crippen LogP contribution in [0.25, 0.3) is 0 Å². The minimum atomic E-state index is -3.02. The van der Waals surface area contributed by atoms with Crippen LogP contribution < -0.4 is 5.32 Å². The van der Waals surface area contributed by atoms with Crippen LogP contribution in [0, 0.1) is 0 Å². The van der Waals surface area contributed by atoms with Gasteiger partial charge in [-0.1, -0.05) is 0 Å². The van der Waals surface area contributed by atoms with E-state index in [1.807, 2.05) is 0 Å². The maximum atomic E-state index is 11.7. The molecule has 106 valence electrons. The highest BCUT2D eigenvalue weighted by Gasteiger charge is 2.43. The monoisotopic (exact) mass is 275 g/mol. The zero-order valence-electron chi connectivity index (χ0n) is 11.7. The second-order valence-electron chi connectivity index (χ2n) is 6.49. The molecule has 0 radical (unpaired) electrons. The van der Waals surface area contributed by atoms with Crippen LogP contribution in [-0.4, -0.2) is 44.2 Å². The molecule has 4 nitrogen and oxygen atoms in total. The first kappa shape index (κ1) is 14.3. The van der Waals surface area contributed by atoms with Gasteiger partial charge in [0.2, 0.25) is 0 Å². The first-order valence-electron chi connectivity index (χ1n) is 6.81. The Morgan fingerprint density at radius 3 is 2.56 bits per heavy atom. The summed E-state index contributed by atoms with van der Waals surface area (Å²) in [6, 6.07) is 0.403. The molecule has 1 spiro atoms. The van der Waals surface area contributed by atoms with Gasteiger partial charge in [-0.15, -0.1) is 0 Å². The maximum Gasteiger partial charge on any atom is 0.153 e. The Morgan fingerprint density at radius 1 is 1.39 bits per heavy atom. The van der Waals surface area contributed by atoms with Crippen molar-refractivity contribution in [3.8, 4) is 0 Å². The molecule has 0 aromatic rings. The second kappa shape index (κ2) is 4.76. The summed E-state index contributed by atoms with van der Waals surface area (Å²) in [6.07, 6.45) is 6.93. The Balaban J connectivity index is 1.87. The van der Waals surface area contributed by atoms with Crippen molar-refractivity contribution in [2.75, 3.05) is 19.4 Å². The van der Waals surface area contributed by atoms with Crippen molar-refractivity contribution >= 4 is 9.84 Å². The highest BCUT2D eigenvalue weighted by Crippen LogP contribution is 2.42. The summed E-state index contributed by atoms with van der Waals surface area (Å²) >= 11 is 0. The Bertz CT molecular complexity index is 398. The Kier molecular flexibility index (Phi) is 3.78. The van der Waals surface area contributed by atoms with Crippen LogP contribution in [0.5, 0.6) is 0 Å². The van der Waals surface area contributed by atoms with Crippen LogP contribution >= 0.6 is 0 Å². The molecule has 1 saturated carbocycles. The van der Waals surface area contributed by atoms with Crippen LogP contribution in [0.1, 0.15) is 46.0 Å². The number of nitrogens with one attached hydrogen (secondary N) is 1. The third-order valence-electron chi connectivity index (χ3n) is 4.58. The van der Waals surface area contributed by atoms with E-state index in [-0.39, 0.29) is 5.60 Å². The molecule has 1 aliphatic heterocycles. The summed E-state index contributed by atoms with van der Waals surface area (Å²) in [6.45, 7) is 4.89. The van der Waals surface area contributed by atoms with Gasteiger partial charge in [0.05, 0.1) is 10.3 Å². The lowest BCUT2D eigenvalue weighted by atomic mass is 9.74. The minimum absolute atomic E-state index is 0.116. The van der Waals surface area contributed by atoms with Crippen LogP contribution in [0.15, 0.2) is 0 Å². The van der Waals surface area contributed by atoms with Gasteiger partial charge in [-0.05, 0) is 46.0 Å². The zero-order chi connectivity index (χ0) is 13.4. The first-order chi connectivity index (χ1) is 8.24. The molecule has 1 saturated heterocycles. The zero-order valence-corrected chi connectivity index (χ0v) is 12.5. The van der Waals surface area contributed by atoms with Crippen molar-refractivity contribution in [3.05, 3.63) is 0 Å². The van der Waals surface area contributed by atoms with Crippen LogP contribution in [0.2, 0.25) is 0 Å². The number of hydrogen-bond acceptors (Lipinski definition) is 4. The smallest absolute Gasteiger partial charge is 0.153 e. The lowest BCUT2D eigenvalue weighted by molar-refractivity contribution is -0.135. The first-order valence-corrected chi connectivity index (χ1v) is 8.70. The van der Waals surface area contributed by atoms with Crippen molar-refractivity contribution in [2.24, 2.45) is 0 Å². The summed E-state index contributed by atoms with van der Waals surface area (Å²) in [5.41, 5.74) is 0.116. The Labute approximate surface area is 110 Å². The third-order valence-corrected chi connectivity index (χ3v) is 6.73. The summed E-state index contributed by atoms with van der Waals surface area (Å²) in [7, 11) is -3.02. The second-order valence-corrected chi connectivity index (χ2v) is 9.14. The van der Waals surface area contributed by atoms with Crippen molar-refractivity contribution in [3.63, 3.8) is 0 Å². The molecule has 1 unspecified atom stereocenters. The predicted octanol–water partition coefficient (Wildman–Crippen LogP) is 1.50. The molecule has 5 heteroatoms. The summed E-state index contributed by atoms with van der Waals surface area (Å²) < 4.78 is 28.5. The molecule has 1 aliphatic carbocycles. The molecule has 2 rings (SSSR count). The SMILES string of the molecule is CC(C)(CNC1CCOC2(CCC2)C1)S(C)(=O)=O. The average Bonchev–Trinajstić information content (AvgIpc) is 2.23. The van der Waals surface area contributed by atoms with Gasteiger partial charge < -0.3 is 10.1 Å². The maximum absolute atomic E-state index is 11.7. The Hall–Kier alpha value is -0.130. The van der Waals surface area contributed by atoms with E-state index in [0.717, 1.165) is 19.4 Å². The molecular formula is C13H25NO3S. The summed E-state index contributed by atoms with van der Waals surface area (Å²) in [4.78, 5) is 0. The standard InChI is InChI=1S/C13H25NO3S/c1-12(2,18(3,15)16)10-14-11-5-8-17-13(9-11)6-4-7-13/h11,14H,4-10H2,1-3H3. The van der Waals surface area contributed by atoms with Crippen molar-refractivity contribution in [1.29, 1.82) is 0 Å². The summed E-state index contributed by atoms with van der Waals surface area (Å²) in [5, 5.41) is 3.43. The molecule has 2 aliphatic rings. The largest absolute Gasteiger partial charge is 0.375 e. The molecule has 2 fully saturated rings. The van der Waals surface area contributed by atoms with Gasteiger partial charge in [0, 0.05) is 25.4 Å². The lowest BCUT2D eigenvalue weighted by Gasteiger charge is -2.47. The summed E-state index contributed by atoms with van der Waals surface area (Å²) in [5.74, 6) is 0. The van der Waals surface area contributed by atoms with Gasteiger partial charge in [0.25, 0.3) is 0 Å². The van der Waals surface area contributed by atoms with E-state index in [1.54, 1.807) is 13.8 Å². The van der Waals surface area contributed by atoms with E-state index < -0.39 is 14.6 Å². The highest BCUT2D eigenvalue weighted by molar-refractivity contribution is 7.92. The quantitative estimate of drug-likeness (QED) is 0.845. The third kappa shape index (κ3) is 2.89. The molecule has 1 heterocycles. The van der Waals surface area contributed by atoms with Gasteiger partial charge >= 0.3 is 0 Å². The van der Waals surface area contributed by atoms with Gasteiger partial charge in [0.1, 0.15) is 0 Å². The van der Waals surface area contributed by atoms with Crippen molar-refractivity contribution < 1.29 is 13.2 Å². The minimum Gasteiger partial charge on any atom is -0.375 e. The van der Waals surface area contributed by atoms with Crippen LogP contribution in [0.3, 0.4) is 0 Å². The molecule has 18 heavy (non-hydrogen) atoms. The molecule has 1 N–H and O–H groups in total. The van der Waals surface area contributed by atoms with E-state index in [4.69, 9.17) is 4.74 Å². The predicted molar refractivity (Wildman–Crippen MR) is 72.5 cm³/mol. The number of hydrogen-bond donors (Lipinski definition) is 1. The van der Waals surface area contributed by atoms with Gasteiger partial charge in [-0.3, -0.25) is 0 Å². The molecule has 0 bridgehead atoms. The molecule has 0 aromatic heterocycles. The van der Waals surface area contributed by atoms with E-state index in [9.17, 15) is 8.42 Å². The molecular weight excluding hydrogens is 250 g/mol. The average molecular weight is 275 g/mol. The van der Waals surface area contributed by atoms with E-state index in [1.165, 1.54) is 25.5 Å². The molecule has 0 amide bonds. The van der Waals surface area contributed by atoms with E-state index in [0.29, 0.717) is 12.6 Å². The molecule has 1 atom stereocenters. The Morgan fingerprint density at radius 2 is 2.06 bits per heavy atom. The number of ether oxygens (including phenoxy) is 1. The van der Waals surface area contributed by atoms with Crippen LogP contribution in [0.4, 0.5) is 0 Å². The topological polar surface area (TPSA) is 55.4 Å². The van der Waals surface area contributed by atoms with Crippen LogP contribution in [-0.2, 0) is 14.6 Å². The number of sulfone groups is 1. The fourth-order valence-corrected chi connectivity index (χ4v) is 2.99. The van der Waals surface area contributed by atoms with E-state index in [2.05, 4.69) is 5.32 Å². The van der Waals surface area contributed by atoms with Gasteiger partial charge in [-0.2, -0.15) is 0 Å². The lowest BCUT2D eigenvalue weighted by Crippen LogP contribution is -2.53. The van der Waals surface area contributed by atoms with Gasteiger partial charge in [-0.25, -0.2) is 8.42 Å². The normalized spacial score (nSPS) is 28.1. The van der Waals surface area contributed by atoms with E-state index >= 15 is 0 Å². The van der Waals surface area contributed by atoms with Gasteiger partial charge in [0.15, 0.2) is 9.84 Å².